The van der Waals surface area contributed by atoms with E-state index in [1.54, 1.807) is 0 Å². The van der Waals surface area contributed by atoms with E-state index in [1.807, 2.05) is 18.2 Å². The first-order chi connectivity index (χ1) is 9.25. The van der Waals surface area contributed by atoms with E-state index in [9.17, 15) is 9.59 Å². The largest absolute Gasteiger partial charge is 0.481 e. The predicted octanol–water partition coefficient (Wildman–Crippen LogP) is 3.59. The normalized spacial score (nSPS) is 12.6. The molecule has 0 aliphatic carbocycles. The monoisotopic (exact) mass is 277 g/mol. The third-order valence-corrected chi connectivity index (χ3v) is 3.38. The summed E-state index contributed by atoms with van der Waals surface area (Å²) in [6.45, 7) is 9.60. The van der Waals surface area contributed by atoms with Crippen LogP contribution in [0, 0.1) is 5.92 Å². The maximum absolute atomic E-state index is 12.0. The molecule has 1 amide bonds. The molecule has 0 aliphatic rings. The number of carboxylic acid groups (broad SMARTS) is 1. The Labute approximate surface area is 120 Å². The highest BCUT2D eigenvalue weighted by atomic mass is 16.4. The fourth-order valence-electron chi connectivity index (χ4n) is 2.04. The van der Waals surface area contributed by atoms with E-state index < -0.39 is 17.8 Å². The molecule has 0 saturated heterocycles. The zero-order valence-corrected chi connectivity index (χ0v) is 12.7. The fourth-order valence-corrected chi connectivity index (χ4v) is 2.04. The molecule has 0 bridgehead atoms. The van der Waals surface area contributed by atoms with Crippen molar-refractivity contribution in [1.29, 1.82) is 0 Å². The summed E-state index contributed by atoms with van der Waals surface area (Å²) in [5.41, 5.74) is 2.82. The number of carbonyl (C=O) groups is 2. The van der Waals surface area contributed by atoms with Gasteiger partial charge in [0.2, 0.25) is 5.91 Å². The molecule has 1 rings (SSSR count). The standard InChI is InChI=1S/C16H23NO3/c1-9(2)12-7-6-8-13(10(3)4)14(12)17-15(18)11(5)16(19)20/h6-11H,1-5H3,(H,17,18)(H,19,20). The predicted molar refractivity (Wildman–Crippen MR) is 80.0 cm³/mol. The minimum absolute atomic E-state index is 0.254. The second kappa shape index (κ2) is 6.55. The lowest BCUT2D eigenvalue weighted by Gasteiger charge is -2.21. The summed E-state index contributed by atoms with van der Waals surface area (Å²) in [5, 5.41) is 11.7. The number of anilines is 1. The van der Waals surface area contributed by atoms with Crippen LogP contribution in [0.2, 0.25) is 0 Å². The van der Waals surface area contributed by atoms with Gasteiger partial charge in [0.15, 0.2) is 0 Å². The zero-order chi connectivity index (χ0) is 15.4. The highest BCUT2D eigenvalue weighted by molar-refractivity contribution is 6.04. The molecule has 0 aliphatic heterocycles. The van der Waals surface area contributed by atoms with Gasteiger partial charge in [0.25, 0.3) is 0 Å². The topological polar surface area (TPSA) is 66.4 Å². The zero-order valence-electron chi connectivity index (χ0n) is 12.7. The summed E-state index contributed by atoms with van der Waals surface area (Å²) >= 11 is 0. The maximum atomic E-state index is 12.0. The number of benzene rings is 1. The van der Waals surface area contributed by atoms with Gasteiger partial charge in [-0.05, 0) is 29.9 Å². The molecule has 0 heterocycles. The van der Waals surface area contributed by atoms with Crippen LogP contribution in [0.3, 0.4) is 0 Å². The molecule has 1 unspecified atom stereocenters. The van der Waals surface area contributed by atoms with Crippen LogP contribution < -0.4 is 5.32 Å². The number of hydrogen-bond acceptors (Lipinski definition) is 2. The van der Waals surface area contributed by atoms with Gasteiger partial charge in [-0.3, -0.25) is 9.59 Å². The summed E-state index contributed by atoms with van der Waals surface area (Å²) in [6, 6.07) is 5.91. The number of carbonyl (C=O) groups excluding carboxylic acids is 1. The highest BCUT2D eigenvalue weighted by Crippen LogP contribution is 2.32. The first-order valence-electron chi connectivity index (χ1n) is 6.92. The molecule has 4 heteroatoms. The smallest absolute Gasteiger partial charge is 0.315 e. The molecule has 0 radical (unpaired) electrons. The number of carboxylic acids is 1. The summed E-state index contributed by atoms with van der Waals surface area (Å²) < 4.78 is 0. The van der Waals surface area contributed by atoms with Crippen molar-refractivity contribution in [2.75, 3.05) is 5.32 Å². The SMILES string of the molecule is CC(C(=O)O)C(=O)Nc1c(C(C)C)cccc1C(C)C. The van der Waals surface area contributed by atoms with Gasteiger partial charge in [0.05, 0.1) is 0 Å². The van der Waals surface area contributed by atoms with Gasteiger partial charge in [-0.25, -0.2) is 0 Å². The van der Waals surface area contributed by atoms with E-state index in [0.717, 1.165) is 16.8 Å². The van der Waals surface area contributed by atoms with Crippen LogP contribution in [0.5, 0.6) is 0 Å². The maximum Gasteiger partial charge on any atom is 0.315 e. The molecule has 0 fully saturated rings. The van der Waals surface area contributed by atoms with Crippen LogP contribution in [0.25, 0.3) is 0 Å². The van der Waals surface area contributed by atoms with Crippen LogP contribution in [0.4, 0.5) is 5.69 Å². The summed E-state index contributed by atoms with van der Waals surface area (Å²) in [4.78, 5) is 22.9. The van der Waals surface area contributed by atoms with Gasteiger partial charge in [0.1, 0.15) is 5.92 Å². The van der Waals surface area contributed by atoms with E-state index in [4.69, 9.17) is 5.11 Å². The van der Waals surface area contributed by atoms with Crippen LogP contribution >= 0.6 is 0 Å². The van der Waals surface area contributed by atoms with Gasteiger partial charge < -0.3 is 10.4 Å². The Hall–Kier alpha value is -1.84. The Kier molecular flexibility index (Phi) is 5.31. The van der Waals surface area contributed by atoms with Crippen LogP contribution in [0.15, 0.2) is 18.2 Å². The highest BCUT2D eigenvalue weighted by Gasteiger charge is 2.23. The van der Waals surface area contributed by atoms with Gasteiger partial charge >= 0.3 is 5.97 Å². The lowest BCUT2D eigenvalue weighted by atomic mass is 9.92. The molecule has 0 spiro atoms. The van der Waals surface area contributed by atoms with Crippen molar-refractivity contribution in [3.05, 3.63) is 29.3 Å². The molecule has 2 N–H and O–H groups in total. The van der Waals surface area contributed by atoms with Crippen molar-refractivity contribution in [1.82, 2.24) is 0 Å². The van der Waals surface area contributed by atoms with Crippen molar-refractivity contribution >= 4 is 17.6 Å². The molecule has 0 aromatic heterocycles. The minimum atomic E-state index is -1.12. The molecule has 1 aromatic rings. The Balaban J connectivity index is 3.20. The van der Waals surface area contributed by atoms with Crippen LogP contribution in [-0.4, -0.2) is 17.0 Å². The number of rotatable bonds is 5. The van der Waals surface area contributed by atoms with E-state index in [0.29, 0.717) is 0 Å². The van der Waals surface area contributed by atoms with Crippen molar-refractivity contribution < 1.29 is 14.7 Å². The first kappa shape index (κ1) is 16.2. The Morgan fingerprint density at radius 1 is 1.00 bits per heavy atom. The molecular weight excluding hydrogens is 254 g/mol. The molecular formula is C16H23NO3. The molecule has 20 heavy (non-hydrogen) atoms. The van der Waals surface area contributed by atoms with Gasteiger partial charge in [0, 0.05) is 5.69 Å². The first-order valence-corrected chi connectivity index (χ1v) is 6.92. The number of amides is 1. The quantitative estimate of drug-likeness (QED) is 0.808. The Bertz CT molecular complexity index is 480. The van der Waals surface area contributed by atoms with E-state index >= 15 is 0 Å². The number of para-hydroxylation sites is 1. The Morgan fingerprint density at radius 2 is 1.45 bits per heavy atom. The second-order valence-corrected chi connectivity index (χ2v) is 5.67. The molecule has 1 aromatic carbocycles. The third kappa shape index (κ3) is 3.59. The van der Waals surface area contributed by atoms with Gasteiger partial charge in [-0.1, -0.05) is 45.9 Å². The lowest BCUT2D eigenvalue weighted by molar-refractivity contribution is -0.144. The van der Waals surface area contributed by atoms with Gasteiger partial charge in [-0.2, -0.15) is 0 Å². The van der Waals surface area contributed by atoms with E-state index in [-0.39, 0.29) is 11.8 Å². The molecule has 0 saturated carbocycles. The van der Waals surface area contributed by atoms with Crippen molar-refractivity contribution in [2.24, 2.45) is 5.92 Å². The minimum Gasteiger partial charge on any atom is -0.481 e. The number of aliphatic carboxylic acids is 1. The average Bonchev–Trinajstić information content (AvgIpc) is 2.37. The summed E-state index contributed by atoms with van der Waals surface area (Å²) in [5.74, 6) is -2.15. The van der Waals surface area contributed by atoms with E-state index in [2.05, 4.69) is 33.0 Å². The third-order valence-electron chi connectivity index (χ3n) is 3.38. The molecule has 4 nitrogen and oxygen atoms in total. The molecule has 1 atom stereocenters. The van der Waals surface area contributed by atoms with Crippen LogP contribution in [-0.2, 0) is 9.59 Å². The van der Waals surface area contributed by atoms with E-state index in [1.165, 1.54) is 6.92 Å². The second-order valence-electron chi connectivity index (χ2n) is 5.67. The van der Waals surface area contributed by atoms with Crippen LogP contribution in [0.1, 0.15) is 57.6 Å². The van der Waals surface area contributed by atoms with Crippen molar-refractivity contribution in [2.45, 2.75) is 46.5 Å². The number of nitrogens with one attached hydrogen (secondary N) is 1. The fraction of sp³-hybridized carbons (Fsp3) is 0.500. The van der Waals surface area contributed by atoms with Crippen molar-refractivity contribution in [3.63, 3.8) is 0 Å². The molecule has 110 valence electrons. The average molecular weight is 277 g/mol. The summed E-state index contributed by atoms with van der Waals surface area (Å²) in [6.07, 6.45) is 0. The number of hydrogen-bond donors (Lipinski definition) is 2. The lowest BCUT2D eigenvalue weighted by Crippen LogP contribution is -2.28. The Morgan fingerprint density at radius 3 is 1.80 bits per heavy atom. The van der Waals surface area contributed by atoms with Crippen molar-refractivity contribution in [3.8, 4) is 0 Å². The van der Waals surface area contributed by atoms with Gasteiger partial charge in [-0.15, -0.1) is 0 Å². The summed E-state index contributed by atoms with van der Waals surface area (Å²) in [7, 11) is 0.